The molecule has 1 saturated heterocycles. The fourth-order valence-corrected chi connectivity index (χ4v) is 4.57. The van der Waals surface area contributed by atoms with Crippen LogP contribution in [0.4, 0.5) is 14.5 Å². The minimum Gasteiger partial charge on any atom is -0.390 e. The van der Waals surface area contributed by atoms with Gasteiger partial charge in [-0.1, -0.05) is 25.5 Å². The van der Waals surface area contributed by atoms with Crippen LogP contribution in [-0.2, 0) is 4.79 Å². The maximum atomic E-state index is 13.3. The van der Waals surface area contributed by atoms with Crippen LogP contribution in [0.25, 0.3) is 0 Å². The second-order valence-electron chi connectivity index (χ2n) is 8.41. The molecule has 6 heteroatoms. The Morgan fingerprint density at radius 1 is 1.15 bits per heavy atom. The molecule has 1 heterocycles. The molecule has 1 aromatic carbocycles. The van der Waals surface area contributed by atoms with E-state index in [2.05, 4.69) is 6.92 Å². The van der Waals surface area contributed by atoms with Crippen LogP contribution in [-0.4, -0.2) is 34.2 Å². The number of amides is 1. The van der Waals surface area contributed by atoms with Crippen molar-refractivity contribution in [3.05, 3.63) is 29.8 Å². The van der Waals surface area contributed by atoms with Gasteiger partial charge in [-0.15, -0.1) is 0 Å². The van der Waals surface area contributed by atoms with Crippen LogP contribution in [0.1, 0.15) is 70.5 Å². The molecule has 1 unspecified atom stereocenters. The molecular formula is C21H29F2NO3. The third-order valence-corrected chi connectivity index (χ3v) is 6.37. The van der Waals surface area contributed by atoms with Gasteiger partial charge in [-0.05, 0) is 56.2 Å². The quantitative estimate of drug-likeness (QED) is 0.803. The average Bonchev–Trinajstić information content (AvgIpc) is 2.94. The fraction of sp³-hybridized carbons (Fsp3) is 0.667. The van der Waals surface area contributed by atoms with Crippen LogP contribution in [0.15, 0.2) is 24.3 Å². The minimum atomic E-state index is -3.22. The summed E-state index contributed by atoms with van der Waals surface area (Å²) in [6.07, 6.45) is 3.28. The Balaban J connectivity index is 1.71. The van der Waals surface area contributed by atoms with Gasteiger partial charge in [0.2, 0.25) is 5.91 Å². The van der Waals surface area contributed by atoms with Crippen LogP contribution in [0.5, 0.6) is 0 Å². The summed E-state index contributed by atoms with van der Waals surface area (Å²) >= 11 is 0. The zero-order chi connectivity index (χ0) is 19.9. The van der Waals surface area contributed by atoms with E-state index in [9.17, 15) is 23.8 Å². The molecule has 1 saturated carbocycles. The average molecular weight is 381 g/mol. The highest BCUT2D eigenvalue weighted by Crippen LogP contribution is 2.49. The Morgan fingerprint density at radius 2 is 1.74 bits per heavy atom. The highest BCUT2D eigenvalue weighted by atomic mass is 19.3. The first kappa shape index (κ1) is 20.2. The van der Waals surface area contributed by atoms with Crippen LogP contribution < -0.4 is 4.90 Å². The molecule has 2 aliphatic rings. The van der Waals surface area contributed by atoms with Crippen molar-refractivity contribution in [2.45, 2.75) is 76.4 Å². The zero-order valence-electron chi connectivity index (χ0n) is 16.0. The van der Waals surface area contributed by atoms with Gasteiger partial charge in [-0.2, -0.15) is 0 Å². The molecule has 2 N–H and O–H groups in total. The lowest BCUT2D eigenvalue weighted by molar-refractivity contribution is -0.130. The van der Waals surface area contributed by atoms with Crippen molar-refractivity contribution in [1.29, 1.82) is 0 Å². The number of anilines is 1. The first-order valence-electron chi connectivity index (χ1n) is 9.80. The number of benzene rings is 1. The molecular weight excluding hydrogens is 352 g/mol. The van der Waals surface area contributed by atoms with E-state index in [0.29, 0.717) is 44.8 Å². The van der Waals surface area contributed by atoms with Gasteiger partial charge in [-0.25, -0.2) is 8.78 Å². The predicted octanol–water partition coefficient (Wildman–Crippen LogP) is 4.20. The number of carbonyl (C=O) groups is 1. The molecule has 1 aromatic rings. The number of halogens is 2. The van der Waals surface area contributed by atoms with Gasteiger partial charge in [0.1, 0.15) is 6.10 Å². The monoisotopic (exact) mass is 381 g/mol. The summed E-state index contributed by atoms with van der Waals surface area (Å²) in [5.74, 6) is -3.15. The number of aliphatic hydroxyl groups is 2. The highest BCUT2D eigenvalue weighted by molar-refractivity contribution is 6.00. The van der Waals surface area contributed by atoms with Crippen molar-refractivity contribution in [1.82, 2.24) is 0 Å². The topological polar surface area (TPSA) is 60.8 Å². The predicted molar refractivity (Wildman–Crippen MR) is 99.8 cm³/mol. The summed E-state index contributed by atoms with van der Waals surface area (Å²) in [4.78, 5) is 14.8. The van der Waals surface area contributed by atoms with E-state index in [4.69, 9.17) is 0 Å². The van der Waals surface area contributed by atoms with Crippen LogP contribution in [0.3, 0.4) is 0 Å². The summed E-state index contributed by atoms with van der Waals surface area (Å²) in [6, 6.07) is 6.15. The third-order valence-electron chi connectivity index (χ3n) is 6.37. The molecule has 150 valence electrons. The van der Waals surface area contributed by atoms with E-state index < -0.39 is 23.0 Å². The first-order chi connectivity index (χ1) is 12.6. The van der Waals surface area contributed by atoms with Gasteiger partial charge in [-0.3, -0.25) is 4.79 Å². The van der Waals surface area contributed by atoms with Crippen molar-refractivity contribution in [2.75, 3.05) is 11.4 Å². The number of nitrogens with zero attached hydrogens (tertiary/aromatic N) is 1. The Hall–Kier alpha value is -1.53. The zero-order valence-corrected chi connectivity index (χ0v) is 16.0. The molecule has 0 bridgehead atoms. The van der Waals surface area contributed by atoms with Gasteiger partial charge in [0.05, 0.1) is 11.0 Å². The van der Waals surface area contributed by atoms with Gasteiger partial charge >= 0.3 is 0 Å². The lowest BCUT2D eigenvalue weighted by Crippen LogP contribution is -2.43. The molecule has 0 aromatic heterocycles. The minimum absolute atomic E-state index is 0.0650. The van der Waals surface area contributed by atoms with Crippen LogP contribution in [0.2, 0.25) is 0 Å². The van der Waals surface area contributed by atoms with Gasteiger partial charge in [0, 0.05) is 19.2 Å². The number of hydrogen-bond acceptors (Lipinski definition) is 3. The normalized spacial score (nSPS) is 30.1. The molecule has 0 radical (unpaired) electrons. The smallest absolute Gasteiger partial charge is 0.274 e. The van der Waals surface area contributed by atoms with Crippen molar-refractivity contribution >= 4 is 11.6 Å². The number of hydrogen-bond donors (Lipinski definition) is 2. The van der Waals surface area contributed by atoms with E-state index in [-0.39, 0.29) is 11.5 Å². The molecule has 27 heavy (non-hydrogen) atoms. The molecule has 4 nitrogen and oxygen atoms in total. The van der Waals surface area contributed by atoms with Gasteiger partial charge < -0.3 is 15.1 Å². The summed E-state index contributed by atoms with van der Waals surface area (Å²) in [7, 11) is 0. The first-order valence-corrected chi connectivity index (χ1v) is 9.80. The summed E-state index contributed by atoms with van der Waals surface area (Å²) < 4.78 is 26.6. The summed E-state index contributed by atoms with van der Waals surface area (Å²) in [5, 5.41) is 20.3. The maximum Gasteiger partial charge on any atom is 0.274 e. The number of aliphatic hydroxyl groups excluding tert-OH is 1. The number of rotatable bonds is 5. The highest BCUT2D eigenvalue weighted by Gasteiger charge is 2.51. The second-order valence-corrected chi connectivity index (χ2v) is 8.41. The van der Waals surface area contributed by atoms with Crippen molar-refractivity contribution in [3.63, 3.8) is 0 Å². The standard InChI is InChI=1S/C21H29F2NO3/c1-3-8-21(27)11-9-20(10-12-21)13-14-24(18(20)26)16-6-4-15(5-7-16)17(25)19(2,22)23/h4-7,17,25,27H,3,8-14H2,1-2H3. The van der Waals surface area contributed by atoms with Crippen molar-refractivity contribution in [3.8, 4) is 0 Å². The van der Waals surface area contributed by atoms with E-state index in [1.807, 2.05) is 0 Å². The second kappa shape index (κ2) is 7.13. The van der Waals surface area contributed by atoms with Crippen LogP contribution in [0, 0.1) is 5.41 Å². The summed E-state index contributed by atoms with van der Waals surface area (Å²) in [6.45, 7) is 3.33. The lowest BCUT2D eigenvalue weighted by Gasteiger charge is -2.41. The Bertz CT molecular complexity index is 676. The molecule has 1 aliphatic heterocycles. The number of alkyl halides is 2. The fourth-order valence-electron chi connectivity index (χ4n) is 4.57. The Morgan fingerprint density at radius 3 is 2.26 bits per heavy atom. The van der Waals surface area contributed by atoms with Gasteiger partial charge in [0.15, 0.2) is 0 Å². The third kappa shape index (κ3) is 3.87. The largest absolute Gasteiger partial charge is 0.390 e. The van der Waals surface area contributed by atoms with Crippen molar-refractivity contribution in [2.24, 2.45) is 5.41 Å². The molecule has 2 fully saturated rings. The Labute approximate surface area is 159 Å². The molecule has 1 aliphatic carbocycles. The molecule has 3 rings (SSSR count). The Kier molecular flexibility index (Phi) is 5.34. The van der Waals surface area contributed by atoms with Crippen LogP contribution >= 0.6 is 0 Å². The SMILES string of the molecule is CCCC1(O)CCC2(CCN(c3ccc(C(O)C(C)(F)F)cc3)C2=O)CC1. The van der Waals surface area contributed by atoms with Crippen molar-refractivity contribution < 1.29 is 23.8 Å². The molecule has 1 atom stereocenters. The van der Waals surface area contributed by atoms with E-state index in [1.54, 1.807) is 17.0 Å². The molecule has 1 amide bonds. The van der Waals surface area contributed by atoms with Gasteiger partial charge in [0.25, 0.3) is 5.92 Å². The number of carbonyl (C=O) groups excluding carboxylic acids is 1. The maximum absolute atomic E-state index is 13.3. The van der Waals surface area contributed by atoms with E-state index in [1.165, 1.54) is 12.1 Å². The summed E-state index contributed by atoms with van der Waals surface area (Å²) in [5.41, 5.74) is -0.248. The molecule has 1 spiro atoms. The van der Waals surface area contributed by atoms with E-state index in [0.717, 1.165) is 19.3 Å². The lowest BCUT2D eigenvalue weighted by atomic mass is 9.67. The van der Waals surface area contributed by atoms with E-state index >= 15 is 0 Å².